The number of halogens is 2. The van der Waals surface area contributed by atoms with E-state index in [-0.39, 0.29) is 24.5 Å². The number of rotatable bonds is 8. The summed E-state index contributed by atoms with van der Waals surface area (Å²) in [5, 5.41) is 11.7. The average Bonchev–Trinajstić information content (AvgIpc) is 2.37. The molecule has 20 heavy (non-hydrogen) atoms. The van der Waals surface area contributed by atoms with Crippen molar-refractivity contribution >= 4 is 5.97 Å². The van der Waals surface area contributed by atoms with E-state index in [9.17, 15) is 13.6 Å². The predicted octanol–water partition coefficient (Wildman–Crippen LogP) is 2.42. The lowest BCUT2D eigenvalue weighted by atomic mass is 10.0. The molecule has 0 radical (unpaired) electrons. The highest BCUT2D eigenvalue weighted by molar-refractivity contribution is 5.68. The zero-order valence-corrected chi connectivity index (χ0v) is 11.2. The second-order valence-corrected chi connectivity index (χ2v) is 3.96. The fourth-order valence-electron chi connectivity index (χ4n) is 1.76. The normalized spacial score (nSPS) is 12.2. The first kappa shape index (κ1) is 16.2. The first-order valence-electron chi connectivity index (χ1n) is 6.08. The Hall–Kier alpha value is -1.89. The molecular weight excluding hydrogens is 272 g/mol. The summed E-state index contributed by atoms with van der Waals surface area (Å²) in [6.45, 7) is -0.947. The van der Waals surface area contributed by atoms with Gasteiger partial charge in [0.25, 0.3) is 0 Å². The zero-order chi connectivity index (χ0) is 15.1. The lowest BCUT2D eigenvalue weighted by Crippen LogP contribution is -2.20. The fourth-order valence-corrected chi connectivity index (χ4v) is 1.76. The molecule has 1 atom stereocenters. The third-order valence-corrected chi connectivity index (χ3v) is 2.61. The van der Waals surface area contributed by atoms with Crippen LogP contribution >= 0.6 is 0 Å². The maximum absolute atomic E-state index is 12.3. The summed E-state index contributed by atoms with van der Waals surface area (Å²) in [5.41, 5.74) is 0.625. The van der Waals surface area contributed by atoms with Gasteiger partial charge in [0.15, 0.2) is 11.5 Å². The summed E-state index contributed by atoms with van der Waals surface area (Å²) in [5.74, 6) is -0.873. The number of nitrogens with one attached hydrogen (secondary N) is 1. The molecule has 0 amide bonds. The van der Waals surface area contributed by atoms with Crippen LogP contribution in [0.1, 0.15) is 24.9 Å². The third-order valence-electron chi connectivity index (χ3n) is 2.61. The van der Waals surface area contributed by atoms with Gasteiger partial charge in [0.05, 0.1) is 13.0 Å². The van der Waals surface area contributed by atoms with E-state index < -0.39 is 18.6 Å². The summed E-state index contributed by atoms with van der Waals surface area (Å²) in [4.78, 5) is 10.8. The summed E-state index contributed by atoms with van der Waals surface area (Å²) in [6.07, 6.45) is -0.128. The smallest absolute Gasteiger partial charge is 0.387 e. The number of ether oxygens (including phenoxy) is 2. The van der Waals surface area contributed by atoms with Gasteiger partial charge in [-0.2, -0.15) is 8.78 Å². The average molecular weight is 289 g/mol. The number of hydrogen-bond acceptors (Lipinski definition) is 4. The number of carbonyl (C=O) groups is 1. The number of hydrogen-bond donors (Lipinski definition) is 2. The van der Waals surface area contributed by atoms with E-state index in [0.717, 1.165) is 0 Å². The van der Waals surface area contributed by atoms with Gasteiger partial charge in [0.1, 0.15) is 0 Å². The Labute approximate surface area is 115 Å². The van der Waals surface area contributed by atoms with Crippen LogP contribution in [0.3, 0.4) is 0 Å². The van der Waals surface area contributed by atoms with Gasteiger partial charge in [0, 0.05) is 6.04 Å². The standard InChI is InChI=1S/C13H17F2NO4/c1-3-19-11-6-8(9(16-2)7-12(17)18)4-5-10(11)20-13(14)15/h4-6,9,13,16H,3,7H2,1-2H3,(H,17,18). The van der Waals surface area contributed by atoms with Crippen LogP contribution in [0.25, 0.3) is 0 Å². The van der Waals surface area contributed by atoms with Crippen LogP contribution in [0.5, 0.6) is 11.5 Å². The Balaban J connectivity index is 3.03. The van der Waals surface area contributed by atoms with Gasteiger partial charge in [-0.15, -0.1) is 0 Å². The molecule has 0 aliphatic rings. The lowest BCUT2D eigenvalue weighted by Gasteiger charge is -2.17. The molecule has 0 bridgehead atoms. The number of benzene rings is 1. The molecule has 1 rings (SSSR count). The molecule has 0 spiro atoms. The maximum atomic E-state index is 12.3. The largest absolute Gasteiger partial charge is 0.490 e. The van der Waals surface area contributed by atoms with Crippen LogP contribution in [0.2, 0.25) is 0 Å². The second kappa shape index (κ2) is 7.64. The Morgan fingerprint density at radius 2 is 2.10 bits per heavy atom. The highest BCUT2D eigenvalue weighted by atomic mass is 19.3. The lowest BCUT2D eigenvalue weighted by molar-refractivity contribution is -0.137. The van der Waals surface area contributed by atoms with Crippen LogP contribution in [-0.2, 0) is 4.79 Å². The highest BCUT2D eigenvalue weighted by Crippen LogP contribution is 2.32. The number of carboxylic acids is 1. The van der Waals surface area contributed by atoms with E-state index in [1.807, 2.05) is 0 Å². The first-order valence-corrected chi connectivity index (χ1v) is 6.08. The summed E-state index contributed by atoms with van der Waals surface area (Å²) >= 11 is 0. The monoisotopic (exact) mass is 289 g/mol. The highest BCUT2D eigenvalue weighted by Gasteiger charge is 2.17. The molecule has 0 fully saturated rings. The minimum atomic E-state index is -2.95. The van der Waals surface area contributed by atoms with Crippen molar-refractivity contribution in [1.82, 2.24) is 5.32 Å². The molecule has 5 nitrogen and oxygen atoms in total. The van der Waals surface area contributed by atoms with Crippen LogP contribution in [-0.4, -0.2) is 31.3 Å². The fraction of sp³-hybridized carbons (Fsp3) is 0.462. The van der Waals surface area contributed by atoms with E-state index in [2.05, 4.69) is 10.1 Å². The Kier molecular flexibility index (Phi) is 6.17. The van der Waals surface area contributed by atoms with E-state index in [0.29, 0.717) is 5.56 Å². The molecular formula is C13H17F2NO4. The molecule has 7 heteroatoms. The van der Waals surface area contributed by atoms with Crippen molar-refractivity contribution < 1.29 is 28.2 Å². The Morgan fingerprint density at radius 1 is 1.40 bits per heavy atom. The first-order chi connectivity index (χ1) is 9.47. The van der Waals surface area contributed by atoms with Gasteiger partial charge in [-0.25, -0.2) is 0 Å². The SMILES string of the molecule is CCOc1cc(C(CC(=O)O)NC)ccc1OC(F)F. The molecule has 112 valence electrons. The van der Waals surface area contributed by atoms with Crippen LogP contribution in [0.15, 0.2) is 18.2 Å². The van der Waals surface area contributed by atoms with Gasteiger partial charge < -0.3 is 19.9 Å². The maximum Gasteiger partial charge on any atom is 0.387 e. The van der Waals surface area contributed by atoms with Crippen molar-refractivity contribution in [3.8, 4) is 11.5 Å². The van der Waals surface area contributed by atoms with Crippen molar-refractivity contribution in [1.29, 1.82) is 0 Å². The van der Waals surface area contributed by atoms with Crippen molar-refractivity contribution in [2.75, 3.05) is 13.7 Å². The molecule has 2 N–H and O–H groups in total. The molecule has 0 aliphatic heterocycles. The number of alkyl halides is 2. The molecule has 1 unspecified atom stereocenters. The summed E-state index contributed by atoms with van der Waals surface area (Å²) in [6, 6.07) is 3.95. The molecule has 0 heterocycles. The quantitative estimate of drug-likeness (QED) is 0.769. The molecule has 0 saturated carbocycles. The van der Waals surface area contributed by atoms with E-state index in [1.54, 1.807) is 14.0 Å². The van der Waals surface area contributed by atoms with E-state index in [4.69, 9.17) is 9.84 Å². The third kappa shape index (κ3) is 4.65. The second-order valence-electron chi connectivity index (χ2n) is 3.96. The van der Waals surface area contributed by atoms with Crippen LogP contribution < -0.4 is 14.8 Å². The molecule has 0 saturated heterocycles. The predicted molar refractivity (Wildman–Crippen MR) is 68.3 cm³/mol. The van der Waals surface area contributed by atoms with Crippen molar-refractivity contribution in [2.45, 2.75) is 26.0 Å². The van der Waals surface area contributed by atoms with Crippen molar-refractivity contribution in [2.24, 2.45) is 0 Å². The van der Waals surface area contributed by atoms with E-state index in [1.165, 1.54) is 18.2 Å². The van der Waals surface area contributed by atoms with Crippen LogP contribution in [0.4, 0.5) is 8.78 Å². The minimum Gasteiger partial charge on any atom is -0.490 e. The summed E-state index contributed by atoms with van der Waals surface area (Å²) in [7, 11) is 1.62. The Morgan fingerprint density at radius 3 is 2.60 bits per heavy atom. The van der Waals surface area contributed by atoms with Gasteiger partial charge >= 0.3 is 12.6 Å². The van der Waals surface area contributed by atoms with E-state index >= 15 is 0 Å². The minimum absolute atomic E-state index is 0.0734. The van der Waals surface area contributed by atoms with Gasteiger partial charge in [0.2, 0.25) is 0 Å². The van der Waals surface area contributed by atoms with Gasteiger partial charge in [-0.3, -0.25) is 4.79 Å². The molecule has 1 aromatic rings. The zero-order valence-electron chi connectivity index (χ0n) is 11.2. The Bertz CT molecular complexity index is 454. The van der Waals surface area contributed by atoms with Crippen LogP contribution in [0, 0.1) is 0 Å². The van der Waals surface area contributed by atoms with Crippen molar-refractivity contribution in [3.05, 3.63) is 23.8 Å². The number of aliphatic carboxylic acids is 1. The van der Waals surface area contributed by atoms with Crippen molar-refractivity contribution in [3.63, 3.8) is 0 Å². The topological polar surface area (TPSA) is 67.8 Å². The van der Waals surface area contributed by atoms with Gasteiger partial charge in [-0.1, -0.05) is 6.07 Å². The summed E-state index contributed by atoms with van der Waals surface area (Å²) < 4.78 is 34.1. The molecule has 0 aromatic heterocycles. The molecule has 0 aliphatic carbocycles. The molecule has 1 aromatic carbocycles. The van der Waals surface area contributed by atoms with Gasteiger partial charge in [-0.05, 0) is 31.7 Å². The number of carboxylic acid groups (broad SMARTS) is 1.